The number of carbonyl (C=O) groups is 1. The highest BCUT2D eigenvalue weighted by Crippen LogP contribution is 2.12. The van der Waals surface area contributed by atoms with E-state index in [0.29, 0.717) is 6.42 Å². The van der Waals surface area contributed by atoms with Gasteiger partial charge in [-0.2, -0.15) is 0 Å². The first-order valence-corrected chi connectivity index (χ1v) is 5.57. The maximum Gasteiger partial charge on any atom is 0.220 e. The maximum atomic E-state index is 11.2. The number of halogens is 1. The minimum Gasteiger partial charge on any atom is -0.350 e. The average molecular weight is 236 g/mol. The van der Waals surface area contributed by atoms with Gasteiger partial charge in [0.25, 0.3) is 0 Å². The van der Waals surface area contributed by atoms with E-state index in [1.165, 1.54) is 0 Å². The van der Waals surface area contributed by atoms with Crippen LogP contribution in [-0.4, -0.2) is 16.8 Å². The molecule has 2 nitrogen and oxygen atoms in total. The minimum atomic E-state index is -0.0771. The van der Waals surface area contributed by atoms with Crippen molar-refractivity contribution >= 4 is 21.8 Å². The summed E-state index contributed by atoms with van der Waals surface area (Å²) in [5.41, 5.74) is -0.0771. The van der Waals surface area contributed by atoms with Crippen LogP contribution in [0.25, 0.3) is 0 Å². The van der Waals surface area contributed by atoms with Crippen molar-refractivity contribution in [3.8, 4) is 0 Å². The van der Waals surface area contributed by atoms with Gasteiger partial charge in [-0.1, -0.05) is 29.8 Å². The van der Waals surface area contributed by atoms with Gasteiger partial charge < -0.3 is 5.32 Å². The SMILES string of the molecule is CCCC(=O)NC(C)(CC)CBr. The van der Waals surface area contributed by atoms with Gasteiger partial charge in [0.15, 0.2) is 0 Å². The lowest BCUT2D eigenvalue weighted by molar-refractivity contribution is -0.122. The number of alkyl halides is 1. The molecule has 0 heterocycles. The first kappa shape index (κ1) is 11.9. The molecule has 0 aliphatic carbocycles. The van der Waals surface area contributed by atoms with Gasteiger partial charge in [0.1, 0.15) is 0 Å². The van der Waals surface area contributed by atoms with Crippen molar-refractivity contribution in [1.82, 2.24) is 5.32 Å². The molecule has 0 aliphatic rings. The van der Waals surface area contributed by atoms with Crippen LogP contribution < -0.4 is 5.32 Å². The molecular weight excluding hydrogens is 218 g/mol. The van der Waals surface area contributed by atoms with Crippen molar-refractivity contribution in [2.45, 2.75) is 45.6 Å². The molecule has 0 aromatic carbocycles. The molecule has 0 aromatic rings. The zero-order valence-corrected chi connectivity index (χ0v) is 9.70. The van der Waals surface area contributed by atoms with Gasteiger partial charge in [0, 0.05) is 17.3 Å². The standard InChI is InChI=1S/C9H18BrNO/c1-4-6-8(12)11-9(3,5-2)7-10/h4-7H2,1-3H3,(H,11,12). The molecule has 1 unspecified atom stereocenters. The maximum absolute atomic E-state index is 11.2. The fourth-order valence-corrected chi connectivity index (χ4v) is 1.38. The fourth-order valence-electron chi connectivity index (χ4n) is 0.842. The van der Waals surface area contributed by atoms with Crippen LogP contribution in [0.2, 0.25) is 0 Å². The van der Waals surface area contributed by atoms with E-state index in [1.54, 1.807) is 0 Å². The molecule has 0 fully saturated rings. The van der Waals surface area contributed by atoms with E-state index in [4.69, 9.17) is 0 Å². The Morgan fingerprint density at radius 2 is 2.08 bits per heavy atom. The summed E-state index contributed by atoms with van der Waals surface area (Å²) in [6.07, 6.45) is 2.49. The third-order valence-corrected chi connectivity index (χ3v) is 3.23. The van der Waals surface area contributed by atoms with Gasteiger partial charge in [-0.15, -0.1) is 0 Å². The molecule has 72 valence electrons. The van der Waals surface area contributed by atoms with Gasteiger partial charge in [-0.3, -0.25) is 4.79 Å². The summed E-state index contributed by atoms with van der Waals surface area (Å²) >= 11 is 3.40. The Hall–Kier alpha value is -0.0500. The zero-order chi connectivity index (χ0) is 9.61. The van der Waals surface area contributed by atoms with Gasteiger partial charge in [0.05, 0.1) is 0 Å². The van der Waals surface area contributed by atoms with E-state index in [9.17, 15) is 4.79 Å². The lowest BCUT2D eigenvalue weighted by Crippen LogP contribution is -2.46. The van der Waals surface area contributed by atoms with Crippen molar-refractivity contribution in [1.29, 1.82) is 0 Å². The highest BCUT2D eigenvalue weighted by Gasteiger charge is 2.21. The van der Waals surface area contributed by atoms with Gasteiger partial charge in [-0.05, 0) is 19.8 Å². The van der Waals surface area contributed by atoms with Crippen molar-refractivity contribution in [3.63, 3.8) is 0 Å². The molecular formula is C9H18BrNO. The number of hydrogen-bond acceptors (Lipinski definition) is 1. The highest BCUT2D eigenvalue weighted by atomic mass is 79.9. The Labute approximate surface area is 83.2 Å². The second-order valence-electron chi connectivity index (χ2n) is 3.35. The van der Waals surface area contributed by atoms with E-state index in [0.717, 1.165) is 18.2 Å². The van der Waals surface area contributed by atoms with E-state index in [2.05, 4.69) is 35.1 Å². The molecule has 12 heavy (non-hydrogen) atoms. The molecule has 0 bridgehead atoms. The predicted octanol–water partition coefficient (Wildman–Crippen LogP) is 2.47. The first-order chi connectivity index (χ1) is 5.58. The second-order valence-corrected chi connectivity index (χ2v) is 3.91. The summed E-state index contributed by atoms with van der Waals surface area (Å²) < 4.78 is 0. The topological polar surface area (TPSA) is 29.1 Å². The van der Waals surface area contributed by atoms with E-state index < -0.39 is 0 Å². The lowest BCUT2D eigenvalue weighted by atomic mass is 10.0. The fraction of sp³-hybridized carbons (Fsp3) is 0.889. The quantitative estimate of drug-likeness (QED) is 0.730. The lowest BCUT2D eigenvalue weighted by Gasteiger charge is -2.27. The highest BCUT2D eigenvalue weighted by molar-refractivity contribution is 9.09. The minimum absolute atomic E-state index is 0.0771. The van der Waals surface area contributed by atoms with Crippen molar-refractivity contribution in [2.75, 3.05) is 5.33 Å². The van der Waals surface area contributed by atoms with Gasteiger partial charge in [0.2, 0.25) is 5.91 Å². The molecule has 1 atom stereocenters. The summed E-state index contributed by atoms with van der Waals surface area (Å²) in [4.78, 5) is 11.2. The molecule has 0 saturated heterocycles. The predicted molar refractivity (Wildman–Crippen MR) is 55.5 cm³/mol. The number of rotatable bonds is 5. The smallest absolute Gasteiger partial charge is 0.220 e. The van der Waals surface area contributed by atoms with Crippen molar-refractivity contribution < 1.29 is 4.79 Å². The largest absolute Gasteiger partial charge is 0.350 e. The Kier molecular flexibility index (Phi) is 5.55. The number of hydrogen-bond donors (Lipinski definition) is 1. The van der Waals surface area contributed by atoms with Gasteiger partial charge >= 0.3 is 0 Å². The first-order valence-electron chi connectivity index (χ1n) is 4.45. The summed E-state index contributed by atoms with van der Waals surface area (Å²) in [6.45, 7) is 6.14. The van der Waals surface area contributed by atoms with Crippen LogP contribution in [0.15, 0.2) is 0 Å². The van der Waals surface area contributed by atoms with Gasteiger partial charge in [-0.25, -0.2) is 0 Å². The Balaban J connectivity index is 3.93. The van der Waals surface area contributed by atoms with Crippen LogP contribution in [0.3, 0.4) is 0 Å². The van der Waals surface area contributed by atoms with E-state index in [-0.39, 0.29) is 11.4 Å². The molecule has 0 radical (unpaired) electrons. The van der Waals surface area contributed by atoms with Crippen LogP contribution >= 0.6 is 15.9 Å². The summed E-state index contributed by atoms with van der Waals surface area (Å²) in [5.74, 6) is 0.154. The van der Waals surface area contributed by atoms with Crippen molar-refractivity contribution in [2.24, 2.45) is 0 Å². The zero-order valence-electron chi connectivity index (χ0n) is 8.11. The molecule has 0 spiro atoms. The molecule has 0 aliphatic heterocycles. The number of amides is 1. The van der Waals surface area contributed by atoms with Crippen LogP contribution in [0.1, 0.15) is 40.0 Å². The Morgan fingerprint density at radius 3 is 2.42 bits per heavy atom. The molecule has 3 heteroatoms. The monoisotopic (exact) mass is 235 g/mol. The Bertz CT molecular complexity index is 143. The summed E-state index contributed by atoms with van der Waals surface area (Å²) in [6, 6.07) is 0. The van der Waals surface area contributed by atoms with Crippen molar-refractivity contribution in [3.05, 3.63) is 0 Å². The summed E-state index contributed by atoms with van der Waals surface area (Å²) in [7, 11) is 0. The van der Waals surface area contributed by atoms with Crippen LogP contribution in [0.5, 0.6) is 0 Å². The molecule has 0 saturated carbocycles. The second kappa shape index (κ2) is 5.57. The van der Waals surface area contributed by atoms with Crippen LogP contribution in [0.4, 0.5) is 0 Å². The van der Waals surface area contributed by atoms with E-state index in [1.807, 2.05) is 6.92 Å². The number of carbonyl (C=O) groups excluding carboxylic acids is 1. The molecule has 0 aromatic heterocycles. The van der Waals surface area contributed by atoms with Crippen LogP contribution in [0, 0.1) is 0 Å². The average Bonchev–Trinajstić information content (AvgIpc) is 2.05. The summed E-state index contributed by atoms with van der Waals surface area (Å²) in [5, 5.41) is 3.82. The molecule has 0 rings (SSSR count). The number of nitrogens with one attached hydrogen (secondary N) is 1. The van der Waals surface area contributed by atoms with E-state index >= 15 is 0 Å². The third kappa shape index (κ3) is 4.10. The molecule has 1 N–H and O–H groups in total. The third-order valence-electron chi connectivity index (χ3n) is 1.99. The van der Waals surface area contributed by atoms with Crippen LogP contribution in [-0.2, 0) is 4.79 Å². The molecule has 1 amide bonds. The normalized spacial score (nSPS) is 15.3. The Morgan fingerprint density at radius 1 is 1.50 bits per heavy atom.